The fourth-order valence-corrected chi connectivity index (χ4v) is 2.68. The fourth-order valence-electron chi connectivity index (χ4n) is 2.68. The molecule has 1 aromatic carbocycles. The lowest BCUT2D eigenvalue weighted by Crippen LogP contribution is -2.37. The van der Waals surface area contributed by atoms with Gasteiger partial charge in [0.15, 0.2) is 0 Å². The molecule has 0 spiro atoms. The number of amides is 1. The number of methoxy groups -OCH3 is 1. The molecular formula is C16H21NO5. The molecule has 6 heteroatoms. The first-order chi connectivity index (χ1) is 10.6. The van der Waals surface area contributed by atoms with E-state index in [0.29, 0.717) is 31.1 Å². The molecule has 1 aromatic rings. The van der Waals surface area contributed by atoms with Crippen molar-refractivity contribution in [3.05, 3.63) is 29.8 Å². The predicted molar refractivity (Wildman–Crippen MR) is 80.1 cm³/mol. The summed E-state index contributed by atoms with van der Waals surface area (Å²) in [6.45, 7) is 1.39. The minimum Gasteiger partial charge on any atom is -0.490 e. The number of carbonyl (C=O) groups is 2. The average molecular weight is 307 g/mol. The zero-order valence-corrected chi connectivity index (χ0v) is 12.7. The van der Waals surface area contributed by atoms with E-state index in [0.717, 1.165) is 12.8 Å². The van der Waals surface area contributed by atoms with Crippen LogP contribution in [-0.2, 0) is 9.53 Å². The van der Waals surface area contributed by atoms with E-state index in [9.17, 15) is 9.59 Å². The smallest absolute Gasteiger partial charge is 0.305 e. The summed E-state index contributed by atoms with van der Waals surface area (Å²) in [6, 6.07) is 6.79. The van der Waals surface area contributed by atoms with E-state index in [1.54, 1.807) is 36.3 Å². The number of nitrogens with zero attached hydrogens (tertiary/aromatic N) is 1. The molecule has 0 radical (unpaired) electrons. The topological polar surface area (TPSA) is 76.1 Å². The molecule has 1 fully saturated rings. The van der Waals surface area contributed by atoms with Crippen LogP contribution in [0.5, 0.6) is 5.75 Å². The van der Waals surface area contributed by atoms with Crippen LogP contribution in [0.3, 0.4) is 0 Å². The van der Waals surface area contributed by atoms with Gasteiger partial charge in [-0.1, -0.05) is 12.1 Å². The Labute approximate surface area is 129 Å². The molecule has 1 N–H and O–H groups in total. The van der Waals surface area contributed by atoms with Crippen molar-refractivity contribution in [3.8, 4) is 5.75 Å². The number of rotatable bonds is 7. The molecule has 6 nitrogen and oxygen atoms in total. The third-order valence-corrected chi connectivity index (χ3v) is 3.71. The van der Waals surface area contributed by atoms with Crippen molar-refractivity contribution in [2.24, 2.45) is 0 Å². The highest BCUT2D eigenvalue weighted by Crippen LogP contribution is 2.26. The molecule has 1 aliphatic heterocycles. The molecule has 0 aliphatic carbocycles. The first kappa shape index (κ1) is 16.3. The van der Waals surface area contributed by atoms with Crippen molar-refractivity contribution in [3.63, 3.8) is 0 Å². The number of carbonyl (C=O) groups excluding carboxylic acids is 1. The first-order valence-electron chi connectivity index (χ1n) is 7.37. The second kappa shape index (κ2) is 7.79. The van der Waals surface area contributed by atoms with E-state index in [4.69, 9.17) is 14.6 Å². The molecule has 0 aromatic heterocycles. The van der Waals surface area contributed by atoms with Gasteiger partial charge in [0.05, 0.1) is 18.6 Å². The van der Waals surface area contributed by atoms with E-state index in [-0.39, 0.29) is 18.4 Å². The van der Waals surface area contributed by atoms with Gasteiger partial charge in [0.2, 0.25) is 0 Å². The molecule has 1 heterocycles. The molecule has 0 saturated carbocycles. The molecule has 1 amide bonds. The summed E-state index contributed by atoms with van der Waals surface area (Å²) in [5.41, 5.74) is 0.468. The number of hydrogen-bond donors (Lipinski definition) is 1. The van der Waals surface area contributed by atoms with Gasteiger partial charge in [-0.15, -0.1) is 0 Å². The summed E-state index contributed by atoms with van der Waals surface area (Å²) in [6.07, 6.45) is 1.54. The number of aliphatic carboxylic acids is 1. The van der Waals surface area contributed by atoms with Crippen LogP contribution in [0.25, 0.3) is 0 Å². The molecule has 1 unspecified atom stereocenters. The molecule has 2 rings (SSSR count). The summed E-state index contributed by atoms with van der Waals surface area (Å²) in [4.78, 5) is 25.3. The largest absolute Gasteiger partial charge is 0.490 e. The molecule has 1 aliphatic rings. The van der Waals surface area contributed by atoms with E-state index in [2.05, 4.69) is 0 Å². The van der Waals surface area contributed by atoms with Crippen LogP contribution in [0.2, 0.25) is 0 Å². The van der Waals surface area contributed by atoms with Crippen molar-refractivity contribution in [1.29, 1.82) is 0 Å². The van der Waals surface area contributed by atoms with Crippen molar-refractivity contribution in [2.45, 2.75) is 25.3 Å². The number of para-hydroxylation sites is 1. The Balaban J connectivity index is 2.12. The van der Waals surface area contributed by atoms with E-state index < -0.39 is 5.97 Å². The van der Waals surface area contributed by atoms with Crippen molar-refractivity contribution in [2.75, 3.05) is 26.9 Å². The van der Waals surface area contributed by atoms with Crippen LogP contribution in [0.15, 0.2) is 24.3 Å². The highest BCUT2D eigenvalue weighted by molar-refractivity contribution is 5.97. The quantitative estimate of drug-likeness (QED) is 0.777. The minimum atomic E-state index is -0.880. The first-order valence-corrected chi connectivity index (χ1v) is 7.37. The molecular weight excluding hydrogens is 286 g/mol. The zero-order chi connectivity index (χ0) is 15.9. The lowest BCUT2D eigenvalue weighted by atomic mass is 10.1. The van der Waals surface area contributed by atoms with Gasteiger partial charge >= 0.3 is 5.97 Å². The standard InChI is InChI=1S/C16H21NO5/c1-21-9-10-22-14-7-3-2-6-13(14)16(20)17-8-4-5-12(17)11-15(18)19/h2-3,6-7,12H,4-5,8-11H2,1H3,(H,18,19). The lowest BCUT2D eigenvalue weighted by molar-refractivity contribution is -0.137. The Kier molecular flexibility index (Phi) is 5.77. The van der Waals surface area contributed by atoms with Crippen molar-refractivity contribution < 1.29 is 24.2 Å². The third-order valence-electron chi connectivity index (χ3n) is 3.71. The van der Waals surface area contributed by atoms with Gasteiger partial charge in [0, 0.05) is 19.7 Å². The molecule has 1 atom stereocenters. The maximum atomic E-state index is 12.7. The lowest BCUT2D eigenvalue weighted by Gasteiger charge is -2.24. The summed E-state index contributed by atoms with van der Waals surface area (Å²) in [5, 5.41) is 8.97. The minimum absolute atomic E-state index is 0.0154. The van der Waals surface area contributed by atoms with E-state index in [1.165, 1.54) is 0 Å². The Morgan fingerprint density at radius 1 is 1.32 bits per heavy atom. The van der Waals surface area contributed by atoms with Crippen LogP contribution in [0, 0.1) is 0 Å². The zero-order valence-electron chi connectivity index (χ0n) is 12.7. The van der Waals surface area contributed by atoms with Crippen LogP contribution < -0.4 is 4.74 Å². The van der Waals surface area contributed by atoms with Gasteiger partial charge in [0.25, 0.3) is 5.91 Å². The van der Waals surface area contributed by atoms with Crippen LogP contribution in [0.4, 0.5) is 0 Å². The second-order valence-electron chi connectivity index (χ2n) is 5.23. The fraction of sp³-hybridized carbons (Fsp3) is 0.500. The number of hydrogen-bond acceptors (Lipinski definition) is 4. The molecule has 22 heavy (non-hydrogen) atoms. The van der Waals surface area contributed by atoms with Gasteiger partial charge in [-0.3, -0.25) is 9.59 Å². The maximum Gasteiger partial charge on any atom is 0.305 e. The second-order valence-corrected chi connectivity index (χ2v) is 5.23. The number of carboxylic acid groups (broad SMARTS) is 1. The maximum absolute atomic E-state index is 12.7. The van der Waals surface area contributed by atoms with Crippen LogP contribution in [0.1, 0.15) is 29.6 Å². The van der Waals surface area contributed by atoms with Crippen molar-refractivity contribution >= 4 is 11.9 Å². The van der Waals surface area contributed by atoms with E-state index >= 15 is 0 Å². The number of likely N-dealkylation sites (tertiary alicyclic amines) is 1. The Bertz CT molecular complexity index is 531. The van der Waals surface area contributed by atoms with Crippen LogP contribution in [-0.4, -0.2) is 54.8 Å². The van der Waals surface area contributed by atoms with E-state index in [1.807, 2.05) is 0 Å². The van der Waals surface area contributed by atoms with Gasteiger partial charge < -0.3 is 19.5 Å². The van der Waals surface area contributed by atoms with Crippen LogP contribution >= 0.6 is 0 Å². The highest BCUT2D eigenvalue weighted by Gasteiger charge is 2.32. The number of ether oxygens (including phenoxy) is 2. The molecule has 0 bridgehead atoms. The average Bonchev–Trinajstić information content (AvgIpc) is 2.94. The molecule has 1 saturated heterocycles. The summed E-state index contributed by atoms with van der Waals surface area (Å²) in [5.74, 6) is -0.545. The third kappa shape index (κ3) is 3.98. The normalized spacial score (nSPS) is 17.5. The van der Waals surface area contributed by atoms with Gasteiger partial charge in [0.1, 0.15) is 12.4 Å². The summed E-state index contributed by atoms with van der Waals surface area (Å²) in [7, 11) is 1.58. The predicted octanol–water partition coefficient (Wildman–Crippen LogP) is 1.79. The number of benzene rings is 1. The Hall–Kier alpha value is -2.08. The van der Waals surface area contributed by atoms with Gasteiger partial charge in [-0.2, -0.15) is 0 Å². The monoisotopic (exact) mass is 307 g/mol. The SMILES string of the molecule is COCCOc1ccccc1C(=O)N1CCCC1CC(=O)O. The van der Waals surface area contributed by atoms with Gasteiger partial charge in [-0.25, -0.2) is 0 Å². The Morgan fingerprint density at radius 2 is 2.09 bits per heavy atom. The Morgan fingerprint density at radius 3 is 2.82 bits per heavy atom. The molecule has 120 valence electrons. The van der Waals surface area contributed by atoms with Crippen molar-refractivity contribution in [1.82, 2.24) is 4.90 Å². The highest BCUT2D eigenvalue weighted by atomic mass is 16.5. The summed E-state index contributed by atoms with van der Waals surface area (Å²) >= 11 is 0. The number of carboxylic acids is 1. The van der Waals surface area contributed by atoms with Gasteiger partial charge in [-0.05, 0) is 25.0 Å². The summed E-state index contributed by atoms with van der Waals surface area (Å²) < 4.78 is 10.5.